The predicted octanol–water partition coefficient (Wildman–Crippen LogP) is 1.50. The molecule has 1 fully saturated rings. The van der Waals surface area contributed by atoms with E-state index < -0.39 is 0 Å². The van der Waals surface area contributed by atoms with E-state index in [0.29, 0.717) is 19.6 Å². The summed E-state index contributed by atoms with van der Waals surface area (Å²) in [6, 6.07) is 16.2. The molecule has 0 bridgehead atoms. The first-order valence-electron chi connectivity index (χ1n) is 9.65. The fourth-order valence-corrected chi connectivity index (χ4v) is 3.26. The van der Waals surface area contributed by atoms with Gasteiger partial charge in [-0.3, -0.25) is 4.79 Å². The number of amides is 1. The molecule has 5 nitrogen and oxygen atoms in total. The van der Waals surface area contributed by atoms with Crippen LogP contribution in [0.4, 0.5) is 0 Å². The Labute approximate surface area is 161 Å². The van der Waals surface area contributed by atoms with Crippen LogP contribution in [0.5, 0.6) is 5.75 Å². The smallest absolute Gasteiger partial charge is 0.223 e. The van der Waals surface area contributed by atoms with E-state index in [1.165, 1.54) is 16.0 Å². The van der Waals surface area contributed by atoms with Gasteiger partial charge in [0.1, 0.15) is 25.4 Å². The van der Waals surface area contributed by atoms with E-state index in [1.807, 2.05) is 37.3 Å². The Bertz CT molecular complexity index is 742. The van der Waals surface area contributed by atoms with Crippen molar-refractivity contribution in [1.82, 2.24) is 5.32 Å². The summed E-state index contributed by atoms with van der Waals surface area (Å²) in [5.74, 6) is 0.848. The minimum Gasteiger partial charge on any atom is -0.493 e. The number of rotatable bonds is 8. The SMILES string of the molecule is Cc1ccccc1OCCC(=O)NCc1ccccc1C[NH+]1CCOCC1. The number of para-hydroxylation sites is 1. The number of aryl methyl sites for hydroxylation is 1. The summed E-state index contributed by atoms with van der Waals surface area (Å²) in [6.07, 6.45) is 0.352. The second-order valence-corrected chi connectivity index (χ2v) is 6.95. The minimum atomic E-state index is 0.0112. The monoisotopic (exact) mass is 369 g/mol. The number of hydrogen-bond acceptors (Lipinski definition) is 3. The first kappa shape index (κ1) is 19.4. The van der Waals surface area contributed by atoms with Crippen molar-refractivity contribution >= 4 is 5.91 Å². The van der Waals surface area contributed by atoms with Gasteiger partial charge < -0.3 is 19.7 Å². The molecule has 2 aromatic carbocycles. The van der Waals surface area contributed by atoms with E-state index >= 15 is 0 Å². The maximum Gasteiger partial charge on any atom is 0.223 e. The van der Waals surface area contributed by atoms with Crippen LogP contribution in [0, 0.1) is 6.92 Å². The molecule has 0 spiro atoms. The molecule has 5 heteroatoms. The molecule has 27 heavy (non-hydrogen) atoms. The van der Waals surface area contributed by atoms with Gasteiger partial charge in [-0.2, -0.15) is 0 Å². The second-order valence-electron chi connectivity index (χ2n) is 6.95. The summed E-state index contributed by atoms with van der Waals surface area (Å²) in [6.45, 7) is 7.66. The number of quaternary nitrogens is 1. The van der Waals surface area contributed by atoms with Crippen molar-refractivity contribution in [2.45, 2.75) is 26.4 Å². The summed E-state index contributed by atoms with van der Waals surface area (Å²) in [4.78, 5) is 13.7. The van der Waals surface area contributed by atoms with Gasteiger partial charge >= 0.3 is 0 Å². The molecular formula is C22H29N2O3+. The Morgan fingerprint density at radius 2 is 1.78 bits per heavy atom. The summed E-state index contributed by atoms with van der Waals surface area (Å²) in [7, 11) is 0. The van der Waals surface area contributed by atoms with E-state index in [4.69, 9.17) is 9.47 Å². The van der Waals surface area contributed by atoms with Gasteiger partial charge in [-0.05, 0) is 24.1 Å². The molecule has 1 heterocycles. The Hall–Kier alpha value is -2.37. The third-order valence-electron chi connectivity index (χ3n) is 4.92. The molecule has 1 saturated heterocycles. The van der Waals surface area contributed by atoms with Gasteiger partial charge in [0, 0.05) is 12.1 Å². The fraction of sp³-hybridized carbons (Fsp3) is 0.409. The summed E-state index contributed by atoms with van der Waals surface area (Å²) in [5, 5.41) is 3.02. The molecule has 3 rings (SSSR count). The topological polar surface area (TPSA) is 52.0 Å². The Kier molecular flexibility index (Phi) is 7.25. The summed E-state index contributed by atoms with van der Waals surface area (Å²) < 4.78 is 11.1. The lowest BCUT2D eigenvalue weighted by atomic mass is 10.1. The molecule has 1 aliphatic heterocycles. The van der Waals surface area contributed by atoms with Crippen LogP contribution in [-0.4, -0.2) is 38.8 Å². The average Bonchev–Trinajstić information content (AvgIpc) is 2.70. The van der Waals surface area contributed by atoms with Crippen molar-refractivity contribution in [3.8, 4) is 5.75 Å². The fourth-order valence-electron chi connectivity index (χ4n) is 3.26. The third kappa shape index (κ3) is 6.08. The first-order chi connectivity index (χ1) is 13.2. The number of hydrogen-bond donors (Lipinski definition) is 2. The Morgan fingerprint density at radius 3 is 2.56 bits per heavy atom. The molecule has 0 atom stereocenters. The number of nitrogens with one attached hydrogen (secondary N) is 2. The Balaban J connectivity index is 1.45. The highest BCUT2D eigenvalue weighted by Crippen LogP contribution is 2.16. The lowest BCUT2D eigenvalue weighted by Gasteiger charge is -2.24. The van der Waals surface area contributed by atoms with E-state index in [1.54, 1.807) is 0 Å². The van der Waals surface area contributed by atoms with Crippen LogP contribution >= 0.6 is 0 Å². The quantitative estimate of drug-likeness (QED) is 0.741. The third-order valence-corrected chi connectivity index (χ3v) is 4.92. The number of carbonyl (C=O) groups excluding carboxylic acids is 1. The van der Waals surface area contributed by atoms with E-state index in [0.717, 1.165) is 44.2 Å². The molecule has 0 unspecified atom stereocenters. The molecule has 2 aromatic rings. The van der Waals surface area contributed by atoms with Gasteiger partial charge in [-0.15, -0.1) is 0 Å². The number of benzene rings is 2. The van der Waals surface area contributed by atoms with Crippen molar-refractivity contribution < 1.29 is 19.2 Å². The van der Waals surface area contributed by atoms with Crippen LogP contribution in [0.25, 0.3) is 0 Å². The standard InChI is InChI=1S/C22H28N2O3/c1-18-6-2-5-9-21(18)27-13-10-22(25)23-16-19-7-3-4-8-20(19)17-24-11-14-26-15-12-24/h2-9H,10-17H2,1H3,(H,23,25)/p+1. The van der Waals surface area contributed by atoms with Crippen molar-refractivity contribution in [3.05, 3.63) is 65.2 Å². The molecule has 1 aliphatic rings. The molecule has 2 N–H and O–H groups in total. The minimum absolute atomic E-state index is 0.0112. The zero-order chi connectivity index (χ0) is 18.9. The molecule has 1 amide bonds. The van der Waals surface area contributed by atoms with Gasteiger partial charge in [0.15, 0.2) is 0 Å². The van der Waals surface area contributed by atoms with E-state index in [2.05, 4.69) is 23.5 Å². The second kappa shape index (κ2) is 10.1. The zero-order valence-corrected chi connectivity index (χ0v) is 16.0. The lowest BCUT2D eigenvalue weighted by molar-refractivity contribution is -0.921. The van der Waals surface area contributed by atoms with Gasteiger partial charge in [-0.25, -0.2) is 0 Å². The number of morpholine rings is 1. The predicted molar refractivity (Wildman–Crippen MR) is 105 cm³/mol. The zero-order valence-electron chi connectivity index (χ0n) is 16.0. The average molecular weight is 369 g/mol. The highest BCUT2D eigenvalue weighted by atomic mass is 16.5. The van der Waals surface area contributed by atoms with Crippen LogP contribution in [-0.2, 0) is 22.6 Å². The van der Waals surface area contributed by atoms with Gasteiger partial charge in [0.05, 0.1) is 26.2 Å². The van der Waals surface area contributed by atoms with Crippen molar-refractivity contribution in [3.63, 3.8) is 0 Å². The van der Waals surface area contributed by atoms with Gasteiger partial charge in [0.25, 0.3) is 0 Å². The molecule has 144 valence electrons. The maximum atomic E-state index is 12.2. The van der Waals surface area contributed by atoms with E-state index in [-0.39, 0.29) is 5.91 Å². The van der Waals surface area contributed by atoms with Crippen LogP contribution in [0.15, 0.2) is 48.5 Å². The Morgan fingerprint density at radius 1 is 1.07 bits per heavy atom. The van der Waals surface area contributed by atoms with Crippen LogP contribution in [0.3, 0.4) is 0 Å². The van der Waals surface area contributed by atoms with Gasteiger partial charge in [0.2, 0.25) is 5.91 Å². The van der Waals surface area contributed by atoms with Crippen molar-refractivity contribution in [2.24, 2.45) is 0 Å². The normalized spacial score (nSPS) is 14.7. The number of carbonyl (C=O) groups is 1. The maximum absolute atomic E-state index is 12.2. The molecule has 0 saturated carbocycles. The molecule has 0 aliphatic carbocycles. The summed E-state index contributed by atoms with van der Waals surface area (Å²) >= 11 is 0. The van der Waals surface area contributed by atoms with Gasteiger partial charge in [-0.1, -0.05) is 42.5 Å². The molecular weight excluding hydrogens is 340 g/mol. The summed E-state index contributed by atoms with van der Waals surface area (Å²) in [5.41, 5.74) is 3.56. The van der Waals surface area contributed by atoms with Crippen LogP contribution < -0.4 is 15.0 Å². The van der Waals surface area contributed by atoms with Crippen LogP contribution in [0.1, 0.15) is 23.1 Å². The highest BCUT2D eigenvalue weighted by molar-refractivity contribution is 5.76. The van der Waals surface area contributed by atoms with E-state index in [9.17, 15) is 4.79 Å². The van der Waals surface area contributed by atoms with Crippen molar-refractivity contribution in [1.29, 1.82) is 0 Å². The first-order valence-corrected chi connectivity index (χ1v) is 9.65. The highest BCUT2D eigenvalue weighted by Gasteiger charge is 2.16. The van der Waals surface area contributed by atoms with Crippen molar-refractivity contribution in [2.75, 3.05) is 32.9 Å². The molecule has 0 radical (unpaired) electrons. The lowest BCUT2D eigenvalue weighted by Crippen LogP contribution is -3.12. The van der Waals surface area contributed by atoms with Crippen LogP contribution in [0.2, 0.25) is 0 Å². The largest absolute Gasteiger partial charge is 0.493 e. The molecule has 0 aromatic heterocycles. The number of ether oxygens (including phenoxy) is 2.